The van der Waals surface area contributed by atoms with E-state index in [1.807, 2.05) is 0 Å². The SMILES string of the molecule is CC[C@H](C(=O)N1CCC[C@@H](CNC(=O)NC2CC2)C1)N(c1cc(C(F)(F)F)c(Cl)cc1Cl)S(=O)(=O)c1ccc(Cl)cc1. The first kappa shape index (κ1) is 32.5. The molecule has 2 fully saturated rings. The summed E-state index contributed by atoms with van der Waals surface area (Å²) in [4.78, 5) is 27.3. The van der Waals surface area contributed by atoms with Crippen molar-refractivity contribution in [2.75, 3.05) is 23.9 Å². The third kappa shape index (κ3) is 7.56. The maximum absolute atomic E-state index is 14.0. The second kappa shape index (κ2) is 13.1. The number of rotatable bonds is 9. The van der Waals surface area contributed by atoms with Crippen LogP contribution < -0.4 is 14.9 Å². The van der Waals surface area contributed by atoms with Crippen LogP contribution >= 0.6 is 34.8 Å². The fourth-order valence-corrected chi connectivity index (χ4v) is 7.34. The number of nitrogens with zero attached hydrogens (tertiary/aromatic N) is 2. The molecule has 0 unspecified atom stereocenters. The molecular weight excluding hydrogens is 640 g/mol. The van der Waals surface area contributed by atoms with Gasteiger partial charge in [0.05, 0.1) is 26.2 Å². The number of likely N-dealkylation sites (tertiary alicyclic amines) is 1. The van der Waals surface area contributed by atoms with Crippen molar-refractivity contribution in [3.63, 3.8) is 0 Å². The number of alkyl halides is 3. The van der Waals surface area contributed by atoms with E-state index in [0.29, 0.717) is 29.9 Å². The number of nitrogens with one attached hydrogen (secondary N) is 2. The van der Waals surface area contributed by atoms with Gasteiger partial charge in [-0.25, -0.2) is 13.2 Å². The van der Waals surface area contributed by atoms with Gasteiger partial charge in [0.1, 0.15) is 6.04 Å². The van der Waals surface area contributed by atoms with E-state index in [4.69, 9.17) is 34.8 Å². The Hall–Kier alpha value is -2.41. The Balaban J connectivity index is 1.69. The van der Waals surface area contributed by atoms with Crippen molar-refractivity contribution in [3.05, 3.63) is 57.0 Å². The van der Waals surface area contributed by atoms with Crippen molar-refractivity contribution in [2.45, 2.75) is 62.2 Å². The minimum atomic E-state index is -4.92. The summed E-state index contributed by atoms with van der Waals surface area (Å²) < 4.78 is 70.3. The topological polar surface area (TPSA) is 98.8 Å². The Kier molecular flexibility index (Phi) is 10.1. The number of benzene rings is 2. The Morgan fingerprint density at radius 3 is 2.33 bits per heavy atom. The molecule has 42 heavy (non-hydrogen) atoms. The summed E-state index contributed by atoms with van der Waals surface area (Å²) in [5.41, 5.74) is -1.83. The van der Waals surface area contributed by atoms with Crippen LogP contribution in [0.1, 0.15) is 44.6 Å². The number of hydrogen-bond acceptors (Lipinski definition) is 4. The maximum Gasteiger partial charge on any atom is 0.417 e. The monoisotopic (exact) mass is 668 g/mol. The van der Waals surface area contributed by atoms with Gasteiger partial charge in [-0.1, -0.05) is 41.7 Å². The largest absolute Gasteiger partial charge is 0.417 e. The van der Waals surface area contributed by atoms with Crippen molar-refractivity contribution in [2.24, 2.45) is 5.92 Å². The fourth-order valence-electron chi connectivity index (χ4n) is 4.89. The summed E-state index contributed by atoms with van der Waals surface area (Å²) in [5.74, 6) is -0.691. The van der Waals surface area contributed by atoms with Crippen molar-refractivity contribution >= 4 is 62.5 Å². The third-order valence-electron chi connectivity index (χ3n) is 7.20. The fraction of sp³-hybridized carbons (Fsp3) is 0.481. The van der Waals surface area contributed by atoms with Crippen LogP contribution in [0.4, 0.5) is 23.7 Å². The van der Waals surface area contributed by atoms with E-state index in [1.54, 1.807) is 6.92 Å². The summed E-state index contributed by atoms with van der Waals surface area (Å²) in [6.07, 6.45) is -1.78. The number of anilines is 1. The van der Waals surface area contributed by atoms with Gasteiger partial charge in [0, 0.05) is 30.7 Å². The molecule has 2 N–H and O–H groups in total. The Labute approximate surface area is 257 Å². The molecule has 1 aliphatic heterocycles. The number of halogens is 6. The first-order chi connectivity index (χ1) is 19.7. The third-order valence-corrected chi connectivity index (χ3v) is 9.90. The van der Waals surface area contributed by atoms with Gasteiger partial charge in [-0.2, -0.15) is 13.2 Å². The average Bonchev–Trinajstić information content (AvgIpc) is 3.74. The molecule has 230 valence electrons. The average molecular weight is 670 g/mol. The molecule has 1 heterocycles. The van der Waals surface area contributed by atoms with Crippen molar-refractivity contribution < 1.29 is 31.2 Å². The predicted molar refractivity (Wildman–Crippen MR) is 156 cm³/mol. The standard InChI is InChI=1S/C27H30Cl3F3N4O4S/c1-2-23(25(38)36-11-3-4-16(15-36)14-34-26(39)35-18-7-8-18)37(42(40,41)19-9-5-17(28)6-10-19)24-12-20(27(31,32)33)21(29)13-22(24)30/h5-6,9-10,12-13,16,18,23H,2-4,7-8,11,14-15H2,1H3,(H2,34,35,39)/t16-,23+/m0/s1. The first-order valence-electron chi connectivity index (χ1n) is 13.4. The Morgan fingerprint density at radius 2 is 1.74 bits per heavy atom. The predicted octanol–water partition coefficient (Wildman–Crippen LogP) is 6.34. The molecule has 4 rings (SSSR count). The van der Waals surface area contributed by atoms with Gasteiger partial charge in [-0.05, 0) is 74.4 Å². The lowest BCUT2D eigenvalue weighted by atomic mass is 9.97. The van der Waals surface area contributed by atoms with E-state index >= 15 is 0 Å². The van der Waals surface area contributed by atoms with Crippen LogP contribution in [0.2, 0.25) is 15.1 Å². The number of hydrogen-bond donors (Lipinski definition) is 2. The number of urea groups is 1. The van der Waals surface area contributed by atoms with Crippen LogP contribution in [0.3, 0.4) is 0 Å². The summed E-state index contributed by atoms with van der Waals surface area (Å²) in [6, 6.07) is 4.88. The molecule has 2 aliphatic rings. The Bertz CT molecular complexity index is 1420. The lowest BCUT2D eigenvalue weighted by molar-refractivity contribution is -0.137. The first-order valence-corrected chi connectivity index (χ1v) is 16.0. The van der Waals surface area contributed by atoms with Crippen LogP contribution in [0, 0.1) is 5.92 Å². The van der Waals surface area contributed by atoms with Gasteiger partial charge in [0.15, 0.2) is 0 Å². The molecule has 2 aromatic carbocycles. The lowest BCUT2D eigenvalue weighted by Gasteiger charge is -2.39. The summed E-state index contributed by atoms with van der Waals surface area (Å²) in [7, 11) is -4.64. The zero-order chi connectivity index (χ0) is 30.8. The zero-order valence-corrected chi connectivity index (χ0v) is 25.6. The van der Waals surface area contributed by atoms with Gasteiger partial charge in [0.2, 0.25) is 5.91 Å². The molecule has 1 aliphatic carbocycles. The minimum absolute atomic E-state index is 0.0742. The number of sulfonamides is 1. The molecule has 8 nitrogen and oxygen atoms in total. The molecule has 1 saturated carbocycles. The molecule has 2 atom stereocenters. The highest BCUT2D eigenvalue weighted by molar-refractivity contribution is 7.93. The molecule has 0 spiro atoms. The molecule has 2 aromatic rings. The van der Waals surface area contributed by atoms with Crippen LogP contribution in [0.5, 0.6) is 0 Å². The molecule has 3 amide bonds. The maximum atomic E-state index is 14.0. The molecule has 15 heteroatoms. The van der Waals surface area contributed by atoms with Crippen LogP contribution in [-0.4, -0.2) is 57.0 Å². The van der Waals surface area contributed by atoms with Crippen molar-refractivity contribution in [3.8, 4) is 0 Å². The zero-order valence-electron chi connectivity index (χ0n) is 22.6. The molecule has 0 bridgehead atoms. The van der Waals surface area contributed by atoms with Gasteiger partial charge >= 0.3 is 12.2 Å². The van der Waals surface area contributed by atoms with E-state index in [2.05, 4.69) is 10.6 Å². The van der Waals surface area contributed by atoms with Crippen LogP contribution in [-0.2, 0) is 21.0 Å². The van der Waals surface area contributed by atoms with Gasteiger partial charge in [0.25, 0.3) is 10.0 Å². The quantitative estimate of drug-likeness (QED) is 0.326. The molecular formula is C27H30Cl3F3N4O4S. The number of amides is 3. The van der Waals surface area contributed by atoms with Crippen LogP contribution in [0.15, 0.2) is 41.3 Å². The molecule has 1 saturated heterocycles. The van der Waals surface area contributed by atoms with Gasteiger partial charge < -0.3 is 15.5 Å². The number of piperidine rings is 1. The summed E-state index contributed by atoms with van der Waals surface area (Å²) in [6.45, 7) is 2.42. The van der Waals surface area contributed by atoms with E-state index in [9.17, 15) is 31.2 Å². The Morgan fingerprint density at radius 1 is 1.07 bits per heavy atom. The van der Waals surface area contributed by atoms with E-state index in [-0.39, 0.29) is 45.9 Å². The van der Waals surface area contributed by atoms with Gasteiger partial charge in [-0.3, -0.25) is 9.10 Å². The highest BCUT2D eigenvalue weighted by Gasteiger charge is 2.42. The van der Waals surface area contributed by atoms with E-state index in [0.717, 1.165) is 25.3 Å². The summed E-state index contributed by atoms with van der Waals surface area (Å²) in [5, 5.41) is 4.81. The second-order valence-electron chi connectivity index (χ2n) is 10.4. The second-order valence-corrected chi connectivity index (χ2v) is 13.4. The van der Waals surface area contributed by atoms with E-state index < -0.39 is 44.4 Å². The molecule has 0 radical (unpaired) electrons. The van der Waals surface area contributed by atoms with Crippen molar-refractivity contribution in [1.29, 1.82) is 0 Å². The molecule has 0 aromatic heterocycles. The summed E-state index contributed by atoms with van der Waals surface area (Å²) >= 11 is 18.1. The van der Waals surface area contributed by atoms with Gasteiger partial charge in [-0.15, -0.1) is 0 Å². The van der Waals surface area contributed by atoms with E-state index in [1.165, 1.54) is 29.2 Å². The number of carbonyl (C=O) groups excluding carboxylic acids is 2. The highest BCUT2D eigenvalue weighted by Crippen LogP contribution is 2.43. The normalized spacial score (nSPS) is 18.4. The number of carbonyl (C=O) groups is 2. The lowest BCUT2D eigenvalue weighted by Crippen LogP contribution is -2.54. The highest BCUT2D eigenvalue weighted by atomic mass is 35.5. The van der Waals surface area contributed by atoms with Crippen molar-refractivity contribution in [1.82, 2.24) is 15.5 Å². The minimum Gasteiger partial charge on any atom is -0.341 e. The smallest absolute Gasteiger partial charge is 0.341 e. The van der Waals surface area contributed by atoms with Crippen LogP contribution in [0.25, 0.3) is 0 Å².